The number of rotatable bonds is 49. The summed E-state index contributed by atoms with van der Waals surface area (Å²) in [6, 6.07) is 0. The van der Waals surface area contributed by atoms with Crippen LogP contribution in [0.3, 0.4) is 0 Å². The van der Waals surface area contributed by atoms with Gasteiger partial charge in [-0.1, -0.05) is 265 Å². The fourth-order valence-electron chi connectivity index (χ4n) is 8.09. The van der Waals surface area contributed by atoms with Crippen molar-refractivity contribution in [2.24, 2.45) is 0 Å². The van der Waals surface area contributed by atoms with Crippen LogP contribution >= 0.6 is 0 Å². The number of ether oxygens (including phenoxy) is 3. The van der Waals surface area contributed by atoms with E-state index < -0.39 is 6.10 Å². The molecule has 0 heterocycles. The molecule has 0 fully saturated rings. The van der Waals surface area contributed by atoms with Crippen molar-refractivity contribution in [3.05, 3.63) is 0 Å². The second-order valence-electron chi connectivity index (χ2n) is 18.2. The van der Waals surface area contributed by atoms with Gasteiger partial charge in [-0.25, -0.2) is 0 Å². The highest BCUT2D eigenvalue weighted by Crippen LogP contribution is 2.17. The van der Waals surface area contributed by atoms with E-state index in [9.17, 15) is 14.4 Å². The standard InChI is InChI=1S/C53H102O6/c1-4-7-10-13-15-16-17-18-19-20-21-22-23-24-25-26-27-28-29-30-31-32-33-34-35-36-38-40-43-46-52(55)58-49-50(48-57-51(54)45-42-39-12-9-6-3)59-53(56)47-44-41-37-14-11-8-5-2/h50H,4-49H2,1-3H3. The Morgan fingerprint density at radius 3 is 0.678 bits per heavy atom. The van der Waals surface area contributed by atoms with Crippen molar-refractivity contribution >= 4 is 17.9 Å². The first kappa shape index (κ1) is 57.4. The van der Waals surface area contributed by atoms with Crippen molar-refractivity contribution in [3.8, 4) is 0 Å². The number of unbranched alkanes of at least 4 members (excludes halogenated alkanes) is 38. The average molecular weight is 835 g/mol. The van der Waals surface area contributed by atoms with Crippen molar-refractivity contribution < 1.29 is 28.6 Å². The van der Waals surface area contributed by atoms with E-state index in [0.717, 1.165) is 64.2 Å². The zero-order valence-corrected chi connectivity index (χ0v) is 40.1. The second kappa shape index (κ2) is 49.1. The van der Waals surface area contributed by atoms with Crippen LogP contribution in [-0.4, -0.2) is 37.2 Å². The first-order valence-corrected chi connectivity index (χ1v) is 26.5. The number of hydrogen-bond donors (Lipinski definition) is 0. The Morgan fingerprint density at radius 1 is 0.271 bits per heavy atom. The minimum Gasteiger partial charge on any atom is -0.462 e. The lowest BCUT2D eigenvalue weighted by Crippen LogP contribution is -2.30. The average Bonchev–Trinajstić information content (AvgIpc) is 3.23. The Hall–Kier alpha value is -1.59. The summed E-state index contributed by atoms with van der Waals surface area (Å²) in [7, 11) is 0. The highest BCUT2D eigenvalue weighted by atomic mass is 16.6. The zero-order valence-electron chi connectivity index (χ0n) is 40.1. The summed E-state index contributed by atoms with van der Waals surface area (Å²) in [5, 5.41) is 0. The van der Waals surface area contributed by atoms with Gasteiger partial charge in [-0.15, -0.1) is 0 Å². The molecule has 350 valence electrons. The Morgan fingerprint density at radius 2 is 0.458 bits per heavy atom. The summed E-state index contributed by atoms with van der Waals surface area (Å²) < 4.78 is 16.6. The molecule has 59 heavy (non-hydrogen) atoms. The lowest BCUT2D eigenvalue weighted by atomic mass is 10.0. The molecule has 0 spiro atoms. The third-order valence-corrected chi connectivity index (χ3v) is 12.1. The third-order valence-electron chi connectivity index (χ3n) is 12.1. The van der Waals surface area contributed by atoms with E-state index in [1.54, 1.807) is 0 Å². The highest BCUT2D eigenvalue weighted by molar-refractivity contribution is 5.71. The lowest BCUT2D eigenvalue weighted by Gasteiger charge is -2.18. The van der Waals surface area contributed by atoms with Crippen LogP contribution in [0.1, 0.15) is 303 Å². The Bertz CT molecular complexity index is 874. The topological polar surface area (TPSA) is 78.9 Å². The van der Waals surface area contributed by atoms with E-state index in [2.05, 4.69) is 20.8 Å². The maximum absolute atomic E-state index is 12.6. The molecule has 0 aliphatic heterocycles. The minimum atomic E-state index is -0.756. The molecule has 0 saturated carbocycles. The molecule has 0 aromatic carbocycles. The predicted octanol–water partition coefficient (Wildman–Crippen LogP) is 17.2. The molecule has 0 aliphatic carbocycles. The molecule has 6 heteroatoms. The van der Waals surface area contributed by atoms with E-state index in [0.29, 0.717) is 19.3 Å². The molecule has 0 aromatic rings. The molecule has 0 aromatic heterocycles. The number of esters is 3. The summed E-state index contributed by atoms with van der Waals surface area (Å²) >= 11 is 0. The van der Waals surface area contributed by atoms with Gasteiger partial charge in [0, 0.05) is 19.3 Å². The van der Waals surface area contributed by atoms with E-state index >= 15 is 0 Å². The van der Waals surface area contributed by atoms with Gasteiger partial charge >= 0.3 is 17.9 Å². The summed E-state index contributed by atoms with van der Waals surface area (Å²) in [6.45, 7) is 6.54. The van der Waals surface area contributed by atoms with E-state index in [1.165, 1.54) is 199 Å². The molecule has 1 atom stereocenters. The van der Waals surface area contributed by atoms with Crippen LogP contribution in [0.5, 0.6) is 0 Å². The summed E-state index contributed by atoms with van der Waals surface area (Å²) in [4.78, 5) is 37.4. The van der Waals surface area contributed by atoms with Gasteiger partial charge in [-0.05, 0) is 19.3 Å². The maximum atomic E-state index is 12.6. The third kappa shape index (κ3) is 47.3. The van der Waals surface area contributed by atoms with Crippen LogP contribution in [0.4, 0.5) is 0 Å². The summed E-state index contributed by atoms with van der Waals surface area (Å²) in [5.41, 5.74) is 0. The van der Waals surface area contributed by atoms with Gasteiger partial charge in [0.05, 0.1) is 0 Å². The van der Waals surface area contributed by atoms with Crippen LogP contribution in [0.15, 0.2) is 0 Å². The minimum absolute atomic E-state index is 0.0645. The Kier molecular flexibility index (Phi) is 47.7. The molecule has 0 rings (SSSR count). The number of carbonyl (C=O) groups excluding carboxylic acids is 3. The van der Waals surface area contributed by atoms with E-state index in [4.69, 9.17) is 14.2 Å². The van der Waals surface area contributed by atoms with Crippen LogP contribution in [0.25, 0.3) is 0 Å². The molecule has 0 amide bonds. The van der Waals surface area contributed by atoms with Crippen LogP contribution < -0.4 is 0 Å². The van der Waals surface area contributed by atoms with Crippen LogP contribution in [-0.2, 0) is 28.6 Å². The first-order valence-electron chi connectivity index (χ1n) is 26.5. The van der Waals surface area contributed by atoms with Crippen molar-refractivity contribution in [3.63, 3.8) is 0 Å². The number of hydrogen-bond acceptors (Lipinski definition) is 6. The Labute approximate surface area is 368 Å². The smallest absolute Gasteiger partial charge is 0.306 e. The molecule has 1 unspecified atom stereocenters. The fraction of sp³-hybridized carbons (Fsp3) is 0.943. The normalized spacial score (nSPS) is 11.8. The fourth-order valence-corrected chi connectivity index (χ4v) is 8.09. The lowest BCUT2D eigenvalue weighted by molar-refractivity contribution is -0.167. The summed E-state index contributed by atoms with van der Waals surface area (Å²) in [5.74, 6) is -0.872. The van der Waals surface area contributed by atoms with Gasteiger partial charge in [-0.3, -0.25) is 14.4 Å². The monoisotopic (exact) mass is 835 g/mol. The van der Waals surface area contributed by atoms with Gasteiger partial charge in [0.2, 0.25) is 0 Å². The maximum Gasteiger partial charge on any atom is 0.306 e. The molecule has 0 radical (unpaired) electrons. The number of carbonyl (C=O) groups is 3. The van der Waals surface area contributed by atoms with Crippen molar-refractivity contribution in [2.75, 3.05) is 13.2 Å². The van der Waals surface area contributed by atoms with E-state index in [1.807, 2.05) is 0 Å². The zero-order chi connectivity index (χ0) is 43.0. The SMILES string of the molecule is CCCCCCCCCCCCCCCCCCCCCCCCCCCCCCCC(=O)OCC(COC(=O)CCCCCCC)OC(=O)CCCCCCCCC. The van der Waals surface area contributed by atoms with Gasteiger partial charge in [0.15, 0.2) is 6.10 Å². The van der Waals surface area contributed by atoms with Gasteiger partial charge in [0.25, 0.3) is 0 Å². The van der Waals surface area contributed by atoms with Crippen molar-refractivity contribution in [1.82, 2.24) is 0 Å². The molecular formula is C53H102O6. The van der Waals surface area contributed by atoms with Crippen molar-refractivity contribution in [1.29, 1.82) is 0 Å². The first-order chi connectivity index (χ1) is 29.0. The molecule has 0 aliphatic rings. The summed E-state index contributed by atoms with van der Waals surface area (Å²) in [6.07, 6.45) is 53.2. The molecule has 0 bridgehead atoms. The predicted molar refractivity (Wildman–Crippen MR) is 252 cm³/mol. The quantitative estimate of drug-likeness (QED) is 0.0345. The van der Waals surface area contributed by atoms with Gasteiger partial charge < -0.3 is 14.2 Å². The molecule has 0 N–H and O–H groups in total. The molecule has 6 nitrogen and oxygen atoms in total. The van der Waals surface area contributed by atoms with Gasteiger partial charge in [-0.2, -0.15) is 0 Å². The van der Waals surface area contributed by atoms with Crippen molar-refractivity contribution in [2.45, 2.75) is 309 Å². The largest absolute Gasteiger partial charge is 0.462 e. The van der Waals surface area contributed by atoms with Crippen LogP contribution in [0.2, 0.25) is 0 Å². The van der Waals surface area contributed by atoms with Crippen LogP contribution in [0, 0.1) is 0 Å². The Balaban J connectivity index is 3.77. The second-order valence-corrected chi connectivity index (χ2v) is 18.2. The van der Waals surface area contributed by atoms with E-state index in [-0.39, 0.29) is 31.1 Å². The van der Waals surface area contributed by atoms with Gasteiger partial charge in [0.1, 0.15) is 13.2 Å². The molecular weight excluding hydrogens is 733 g/mol. The molecule has 0 saturated heterocycles. The highest BCUT2D eigenvalue weighted by Gasteiger charge is 2.19.